The third-order valence-corrected chi connectivity index (χ3v) is 5.18. The summed E-state index contributed by atoms with van der Waals surface area (Å²) < 4.78 is 0. The Bertz CT molecular complexity index is 998. The van der Waals surface area contributed by atoms with Gasteiger partial charge < -0.3 is 0 Å². The number of rotatable bonds is 3. The van der Waals surface area contributed by atoms with Crippen molar-refractivity contribution in [1.29, 1.82) is 0 Å². The number of benzene rings is 1. The van der Waals surface area contributed by atoms with Gasteiger partial charge in [0.2, 0.25) is 0 Å². The molecule has 0 spiro atoms. The molecule has 3 aromatic heterocycles. The van der Waals surface area contributed by atoms with Gasteiger partial charge in [-0.3, -0.25) is 15.2 Å². The van der Waals surface area contributed by atoms with Gasteiger partial charge in [0.15, 0.2) is 10.8 Å². The van der Waals surface area contributed by atoms with Gasteiger partial charge in [-0.2, -0.15) is 5.10 Å². The number of H-pyrrole nitrogens is 1. The number of aromatic amines is 1. The molecule has 0 unspecified atom stereocenters. The number of aryl methyl sites for hydroxylation is 1. The Labute approximate surface area is 140 Å². The third-order valence-electron chi connectivity index (χ3n) is 3.40. The second kappa shape index (κ2) is 5.60. The standard InChI is InChI=1S/C16H12N4OS2/c1-9-6-7-13(23-9)12-8-22-16(17-12)18-15(21)14-10-4-2-3-5-11(10)19-20-14/h2-8H,1H3,(H,19,20)(H,17,18,21). The predicted molar refractivity (Wildman–Crippen MR) is 94.2 cm³/mol. The van der Waals surface area contributed by atoms with Crippen LogP contribution < -0.4 is 5.32 Å². The Morgan fingerprint density at radius 3 is 2.91 bits per heavy atom. The number of hydrogen-bond acceptors (Lipinski definition) is 5. The minimum Gasteiger partial charge on any atom is -0.296 e. The minimum atomic E-state index is -0.259. The fourth-order valence-electron chi connectivity index (χ4n) is 2.31. The van der Waals surface area contributed by atoms with Gasteiger partial charge in [0.25, 0.3) is 5.91 Å². The van der Waals surface area contributed by atoms with Crippen molar-refractivity contribution in [1.82, 2.24) is 15.2 Å². The predicted octanol–water partition coefficient (Wildman–Crippen LogP) is 4.31. The van der Waals surface area contributed by atoms with Crippen LogP contribution in [-0.2, 0) is 0 Å². The molecule has 0 fully saturated rings. The van der Waals surface area contributed by atoms with Gasteiger partial charge >= 0.3 is 0 Å². The van der Waals surface area contributed by atoms with E-state index in [4.69, 9.17) is 0 Å². The van der Waals surface area contributed by atoms with Crippen molar-refractivity contribution in [2.75, 3.05) is 5.32 Å². The minimum absolute atomic E-state index is 0.259. The van der Waals surface area contributed by atoms with Crippen molar-refractivity contribution < 1.29 is 4.79 Å². The topological polar surface area (TPSA) is 70.7 Å². The summed E-state index contributed by atoms with van der Waals surface area (Å²) in [5.74, 6) is -0.259. The number of carbonyl (C=O) groups excluding carboxylic acids is 1. The van der Waals surface area contributed by atoms with Gasteiger partial charge in [-0.15, -0.1) is 22.7 Å². The molecule has 0 aliphatic carbocycles. The largest absolute Gasteiger partial charge is 0.296 e. The van der Waals surface area contributed by atoms with Gasteiger partial charge in [0.1, 0.15) is 0 Å². The number of nitrogens with zero attached hydrogens (tertiary/aromatic N) is 2. The van der Waals surface area contributed by atoms with Crippen molar-refractivity contribution in [2.24, 2.45) is 0 Å². The zero-order chi connectivity index (χ0) is 15.8. The van der Waals surface area contributed by atoms with Crippen LogP contribution in [0.1, 0.15) is 15.4 Å². The average Bonchev–Trinajstić information content (AvgIpc) is 3.25. The molecule has 23 heavy (non-hydrogen) atoms. The van der Waals surface area contributed by atoms with E-state index in [2.05, 4.69) is 33.5 Å². The third kappa shape index (κ3) is 2.64. The number of anilines is 1. The van der Waals surface area contributed by atoms with E-state index in [0.29, 0.717) is 10.8 Å². The SMILES string of the molecule is Cc1ccc(-c2csc(NC(=O)c3n[nH]c4ccccc34)n2)s1. The lowest BCUT2D eigenvalue weighted by atomic mass is 10.2. The molecule has 0 radical (unpaired) electrons. The number of hydrogen-bond donors (Lipinski definition) is 2. The molecule has 4 aromatic rings. The molecule has 5 nitrogen and oxygen atoms in total. The second-order valence-corrected chi connectivity index (χ2v) is 7.17. The van der Waals surface area contributed by atoms with Crippen molar-refractivity contribution in [3.63, 3.8) is 0 Å². The Morgan fingerprint density at radius 1 is 1.22 bits per heavy atom. The summed E-state index contributed by atoms with van der Waals surface area (Å²) in [6, 6.07) is 11.7. The van der Waals surface area contributed by atoms with Crippen LogP contribution in [0.3, 0.4) is 0 Å². The number of thiophene rings is 1. The molecule has 114 valence electrons. The summed E-state index contributed by atoms with van der Waals surface area (Å²) >= 11 is 3.10. The van der Waals surface area contributed by atoms with Crippen molar-refractivity contribution in [3.8, 4) is 10.6 Å². The van der Waals surface area contributed by atoms with Crippen LogP contribution >= 0.6 is 22.7 Å². The molecule has 0 bridgehead atoms. The highest BCUT2D eigenvalue weighted by Gasteiger charge is 2.16. The molecule has 7 heteroatoms. The molecule has 0 saturated heterocycles. The molecule has 4 rings (SSSR count). The average molecular weight is 340 g/mol. The number of thiazole rings is 1. The van der Waals surface area contributed by atoms with E-state index < -0.39 is 0 Å². The molecule has 0 atom stereocenters. The Kier molecular flexibility index (Phi) is 3.44. The molecule has 0 aliphatic rings. The Balaban J connectivity index is 1.58. The first-order chi connectivity index (χ1) is 11.2. The molecule has 0 saturated carbocycles. The number of amides is 1. The first-order valence-corrected chi connectivity index (χ1v) is 8.67. The van der Waals surface area contributed by atoms with Crippen LogP contribution in [0.25, 0.3) is 21.5 Å². The number of carbonyl (C=O) groups is 1. The summed E-state index contributed by atoms with van der Waals surface area (Å²) in [5, 5.41) is 13.1. The van der Waals surface area contributed by atoms with Crippen LogP contribution in [0.2, 0.25) is 0 Å². The highest BCUT2D eigenvalue weighted by atomic mass is 32.1. The second-order valence-electron chi connectivity index (χ2n) is 5.02. The zero-order valence-electron chi connectivity index (χ0n) is 12.2. The Morgan fingerprint density at radius 2 is 2.09 bits per heavy atom. The van der Waals surface area contributed by atoms with Crippen LogP contribution in [0.4, 0.5) is 5.13 Å². The zero-order valence-corrected chi connectivity index (χ0v) is 13.8. The van der Waals surface area contributed by atoms with E-state index in [1.54, 1.807) is 11.3 Å². The molecule has 0 aliphatic heterocycles. The molecule has 2 N–H and O–H groups in total. The van der Waals surface area contributed by atoms with Gasteiger partial charge in [-0.25, -0.2) is 4.98 Å². The number of nitrogens with one attached hydrogen (secondary N) is 2. The van der Waals surface area contributed by atoms with E-state index in [9.17, 15) is 4.79 Å². The number of para-hydroxylation sites is 1. The molecular weight excluding hydrogens is 328 g/mol. The molecule has 1 amide bonds. The number of aromatic nitrogens is 3. The summed E-state index contributed by atoms with van der Waals surface area (Å²) in [5.41, 5.74) is 2.10. The maximum atomic E-state index is 12.4. The van der Waals surface area contributed by atoms with Gasteiger partial charge in [0, 0.05) is 15.6 Å². The fourth-order valence-corrected chi connectivity index (χ4v) is 3.92. The van der Waals surface area contributed by atoms with Crippen LogP contribution in [-0.4, -0.2) is 21.1 Å². The molecule has 1 aromatic carbocycles. The van der Waals surface area contributed by atoms with E-state index in [0.717, 1.165) is 21.5 Å². The van der Waals surface area contributed by atoms with Crippen LogP contribution in [0.5, 0.6) is 0 Å². The lowest BCUT2D eigenvalue weighted by molar-refractivity contribution is 0.102. The summed E-state index contributed by atoms with van der Waals surface area (Å²) in [6.07, 6.45) is 0. The first-order valence-electron chi connectivity index (χ1n) is 6.97. The van der Waals surface area contributed by atoms with E-state index in [-0.39, 0.29) is 5.91 Å². The fraction of sp³-hybridized carbons (Fsp3) is 0.0625. The van der Waals surface area contributed by atoms with Gasteiger partial charge in [-0.05, 0) is 25.1 Å². The van der Waals surface area contributed by atoms with E-state index in [1.165, 1.54) is 16.2 Å². The maximum Gasteiger partial charge on any atom is 0.278 e. The normalized spacial score (nSPS) is 11.0. The van der Waals surface area contributed by atoms with Crippen molar-refractivity contribution >= 4 is 44.6 Å². The smallest absolute Gasteiger partial charge is 0.278 e. The van der Waals surface area contributed by atoms with E-state index >= 15 is 0 Å². The van der Waals surface area contributed by atoms with E-state index in [1.807, 2.05) is 35.7 Å². The monoisotopic (exact) mass is 340 g/mol. The van der Waals surface area contributed by atoms with Crippen molar-refractivity contribution in [3.05, 3.63) is 52.3 Å². The summed E-state index contributed by atoms with van der Waals surface area (Å²) in [4.78, 5) is 19.2. The highest BCUT2D eigenvalue weighted by molar-refractivity contribution is 7.17. The lowest BCUT2D eigenvalue weighted by Crippen LogP contribution is -2.12. The van der Waals surface area contributed by atoms with Crippen molar-refractivity contribution in [2.45, 2.75) is 6.92 Å². The highest BCUT2D eigenvalue weighted by Crippen LogP contribution is 2.30. The molecular formula is C16H12N4OS2. The summed E-state index contributed by atoms with van der Waals surface area (Å²) in [6.45, 7) is 2.06. The Hall–Kier alpha value is -2.51. The van der Waals surface area contributed by atoms with Crippen LogP contribution in [0.15, 0.2) is 41.8 Å². The van der Waals surface area contributed by atoms with Gasteiger partial charge in [-0.1, -0.05) is 18.2 Å². The quantitative estimate of drug-likeness (QED) is 0.584. The lowest BCUT2D eigenvalue weighted by Gasteiger charge is -1.98. The molecule has 3 heterocycles. The van der Waals surface area contributed by atoms with Gasteiger partial charge in [0.05, 0.1) is 16.1 Å². The summed E-state index contributed by atoms with van der Waals surface area (Å²) in [7, 11) is 0. The number of fused-ring (bicyclic) bond motifs is 1. The maximum absolute atomic E-state index is 12.4. The van der Waals surface area contributed by atoms with Crippen LogP contribution in [0, 0.1) is 6.92 Å². The first kappa shape index (κ1) is 14.1.